The van der Waals surface area contributed by atoms with Gasteiger partial charge in [0.2, 0.25) is 0 Å². The second-order valence-electron chi connectivity index (χ2n) is 4.82. The number of nitrogens with zero attached hydrogens (tertiary/aromatic N) is 1. The number of carboxylic acids is 1. The largest absolute Gasteiger partial charge is 0.478 e. The number of rotatable bonds is 5. The molecule has 0 aliphatic carbocycles. The van der Waals surface area contributed by atoms with Crippen molar-refractivity contribution in [1.29, 1.82) is 0 Å². The van der Waals surface area contributed by atoms with E-state index in [2.05, 4.69) is 25.7 Å². The fourth-order valence-electron chi connectivity index (χ4n) is 2.05. The summed E-state index contributed by atoms with van der Waals surface area (Å²) in [6.45, 7) is 9.05. The van der Waals surface area contributed by atoms with Gasteiger partial charge < -0.3 is 15.7 Å². The van der Waals surface area contributed by atoms with Crippen molar-refractivity contribution in [2.24, 2.45) is 0 Å². The Morgan fingerprint density at radius 2 is 2.06 bits per heavy atom. The summed E-state index contributed by atoms with van der Waals surface area (Å²) in [5.74, 6) is -0.974. The Hall–Kier alpha value is -1.71. The van der Waals surface area contributed by atoms with Crippen LogP contribution >= 0.6 is 0 Å². The number of hydrogen-bond donors (Lipinski definition) is 2. The molecule has 1 rings (SSSR count). The number of aromatic carboxylic acids is 1. The van der Waals surface area contributed by atoms with Gasteiger partial charge in [-0.15, -0.1) is 0 Å². The Morgan fingerprint density at radius 1 is 1.44 bits per heavy atom. The van der Waals surface area contributed by atoms with Crippen molar-refractivity contribution in [1.82, 2.24) is 0 Å². The second-order valence-corrected chi connectivity index (χ2v) is 4.82. The third-order valence-corrected chi connectivity index (χ3v) is 3.02. The zero-order chi connectivity index (χ0) is 13.9. The second kappa shape index (κ2) is 5.76. The Morgan fingerprint density at radius 3 is 2.50 bits per heavy atom. The number of aryl methyl sites for hydroxylation is 1. The number of hydrogen-bond acceptors (Lipinski definition) is 3. The first-order chi connectivity index (χ1) is 8.38. The van der Waals surface area contributed by atoms with Crippen molar-refractivity contribution in [3.05, 3.63) is 23.3 Å². The van der Waals surface area contributed by atoms with E-state index in [4.69, 9.17) is 10.8 Å². The molecule has 4 nitrogen and oxygen atoms in total. The van der Waals surface area contributed by atoms with Gasteiger partial charge in [0.1, 0.15) is 0 Å². The van der Waals surface area contributed by atoms with E-state index in [0.717, 1.165) is 24.2 Å². The molecular formula is C14H22N2O2. The van der Waals surface area contributed by atoms with Crippen LogP contribution in [0, 0.1) is 6.92 Å². The smallest absolute Gasteiger partial charge is 0.337 e. The van der Waals surface area contributed by atoms with E-state index >= 15 is 0 Å². The van der Waals surface area contributed by atoms with Crippen molar-refractivity contribution in [2.75, 3.05) is 17.2 Å². The van der Waals surface area contributed by atoms with Crippen molar-refractivity contribution >= 4 is 17.3 Å². The lowest BCUT2D eigenvalue weighted by Crippen LogP contribution is -2.31. The quantitative estimate of drug-likeness (QED) is 0.788. The summed E-state index contributed by atoms with van der Waals surface area (Å²) < 4.78 is 0. The van der Waals surface area contributed by atoms with Crippen LogP contribution in [0.5, 0.6) is 0 Å². The van der Waals surface area contributed by atoms with E-state index in [1.165, 1.54) is 0 Å². The first-order valence-corrected chi connectivity index (χ1v) is 6.28. The van der Waals surface area contributed by atoms with Crippen molar-refractivity contribution in [3.8, 4) is 0 Å². The third-order valence-electron chi connectivity index (χ3n) is 3.02. The van der Waals surface area contributed by atoms with Gasteiger partial charge in [-0.25, -0.2) is 4.79 Å². The highest BCUT2D eigenvalue weighted by Gasteiger charge is 2.16. The molecule has 0 saturated carbocycles. The summed E-state index contributed by atoms with van der Waals surface area (Å²) in [4.78, 5) is 13.4. The number of anilines is 2. The topological polar surface area (TPSA) is 66.6 Å². The first kappa shape index (κ1) is 14.4. The predicted molar refractivity (Wildman–Crippen MR) is 75.3 cm³/mol. The van der Waals surface area contributed by atoms with E-state index in [0.29, 0.717) is 11.7 Å². The van der Waals surface area contributed by atoms with Gasteiger partial charge in [0.15, 0.2) is 0 Å². The summed E-state index contributed by atoms with van der Waals surface area (Å²) in [5.41, 5.74) is 8.08. The van der Waals surface area contributed by atoms with Crippen LogP contribution in [0.2, 0.25) is 0 Å². The van der Waals surface area contributed by atoms with Crippen molar-refractivity contribution < 1.29 is 9.90 Å². The number of carbonyl (C=O) groups is 1. The maximum Gasteiger partial charge on any atom is 0.337 e. The summed E-state index contributed by atoms with van der Waals surface area (Å²) in [5, 5.41) is 9.17. The predicted octanol–water partition coefficient (Wildman–Crippen LogP) is 2.90. The van der Waals surface area contributed by atoms with Gasteiger partial charge in [0.05, 0.1) is 5.56 Å². The van der Waals surface area contributed by atoms with Gasteiger partial charge in [0, 0.05) is 24.0 Å². The monoisotopic (exact) mass is 250 g/mol. The molecule has 0 aliphatic heterocycles. The van der Waals surface area contributed by atoms with Gasteiger partial charge in [-0.2, -0.15) is 0 Å². The van der Waals surface area contributed by atoms with Crippen LogP contribution in [0.4, 0.5) is 11.4 Å². The summed E-state index contributed by atoms with van der Waals surface area (Å²) in [6, 6.07) is 3.95. The Kier molecular flexibility index (Phi) is 4.59. The minimum absolute atomic E-state index is 0.187. The van der Waals surface area contributed by atoms with Gasteiger partial charge in [-0.1, -0.05) is 6.92 Å². The van der Waals surface area contributed by atoms with E-state index < -0.39 is 5.97 Å². The van der Waals surface area contributed by atoms with E-state index in [1.54, 1.807) is 6.07 Å². The lowest BCUT2D eigenvalue weighted by atomic mass is 10.1. The van der Waals surface area contributed by atoms with Crippen LogP contribution in [0.1, 0.15) is 43.1 Å². The van der Waals surface area contributed by atoms with E-state index in [-0.39, 0.29) is 5.56 Å². The molecule has 0 aliphatic rings. The highest BCUT2D eigenvalue weighted by atomic mass is 16.4. The number of carboxylic acid groups (broad SMARTS) is 1. The maximum absolute atomic E-state index is 11.2. The molecule has 0 amide bonds. The van der Waals surface area contributed by atoms with Crippen LogP contribution in [0.15, 0.2) is 12.1 Å². The summed E-state index contributed by atoms with van der Waals surface area (Å²) >= 11 is 0. The van der Waals surface area contributed by atoms with Gasteiger partial charge in [-0.05, 0) is 44.9 Å². The molecule has 0 aromatic heterocycles. The average Bonchev–Trinajstić information content (AvgIpc) is 2.28. The molecule has 100 valence electrons. The van der Waals surface area contributed by atoms with Crippen LogP contribution in [-0.2, 0) is 0 Å². The molecule has 4 heteroatoms. The van der Waals surface area contributed by atoms with Crippen LogP contribution in [0.25, 0.3) is 0 Å². The molecule has 1 aromatic carbocycles. The fourth-order valence-corrected chi connectivity index (χ4v) is 2.05. The zero-order valence-corrected chi connectivity index (χ0v) is 11.5. The highest BCUT2D eigenvalue weighted by molar-refractivity contribution is 5.95. The Balaban J connectivity index is 3.27. The van der Waals surface area contributed by atoms with Crippen molar-refractivity contribution in [3.63, 3.8) is 0 Å². The van der Waals surface area contributed by atoms with Crippen LogP contribution < -0.4 is 10.6 Å². The van der Waals surface area contributed by atoms with Gasteiger partial charge >= 0.3 is 5.97 Å². The minimum atomic E-state index is -0.974. The summed E-state index contributed by atoms with van der Waals surface area (Å²) in [6.07, 6.45) is 1.02. The molecule has 0 heterocycles. The van der Waals surface area contributed by atoms with E-state index in [1.807, 2.05) is 13.0 Å². The molecule has 1 aromatic rings. The summed E-state index contributed by atoms with van der Waals surface area (Å²) in [7, 11) is 0. The third kappa shape index (κ3) is 2.94. The number of nitrogens with two attached hydrogens (primary N) is 1. The first-order valence-electron chi connectivity index (χ1n) is 6.28. The molecule has 0 radical (unpaired) electrons. The Bertz CT molecular complexity index is 442. The molecular weight excluding hydrogens is 228 g/mol. The SMILES string of the molecule is CCCN(c1cc(C)c(N)c(C(=O)O)c1)C(C)C. The molecule has 0 unspecified atom stereocenters. The minimum Gasteiger partial charge on any atom is -0.478 e. The number of nitrogen functional groups attached to an aromatic ring is 1. The average molecular weight is 250 g/mol. The Labute approximate surface area is 108 Å². The molecule has 18 heavy (non-hydrogen) atoms. The molecule has 0 spiro atoms. The molecule has 3 N–H and O–H groups in total. The maximum atomic E-state index is 11.2. The normalized spacial score (nSPS) is 10.7. The lowest BCUT2D eigenvalue weighted by Gasteiger charge is -2.29. The lowest BCUT2D eigenvalue weighted by molar-refractivity contribution is 0.0698. The van der Waals surface area contributed by atoms with Crippen LogP contribution in [0.3, 0.4) is 0 Å². The van der Waals surface area contributed by atoms with Gasteiger partial charge in [0.25, 0.3) is 0 Å². The van der Waals surface area contributed by atoms with Gasteiger partial charge in [-0.3, -0.25) is 0 Å². The van der Waals surface area contributed by atoms with Crippen molar-refractivity contribution in [2.45, 2.75) is 40.2 Å². The highest BCUT2D eigenvalue weighted by Crippen LogP contribution is 2.27. The number of benzene rings is 1. The van der Waals surface area contributed by atoms with Crippen LogP contribution in [-0.4, -0.2) is 23.7 Å². The molecule has 0 fully saturated rings. The molecule has 0 atom stereocenters. The molecule has 0 bridgehead atoms. The fraction of sp³-hybridized carbons (Fsp3) is 0.500. The van der Waals surface area contributed by atoms with E-state index in [9.17, 15) is 4.79 Å². The standard InChI is InChI=1S/C14H22N2O2/c1-5-6-16(9(2)3)11-7-10(4)13(15)12(8-11)14(17)18/h7-9H,5-6,15H2,1-4H3,(H,17,18). The zero-order valence-electron chi connectivity index (χ0n) is 11.5. The molecule has 0 saturated heterocycles.